The number of likely N-dealkylation sites (tertiary alicyclic amines) is 1. The third kappa shape index (κ3) is 5.80. The number of rotatable bonds is 7. The van der Waals surface area contributed by atoms with Crippen molar-refractivity contribution < 1.29 is 9.84 Å². The van der Waals surface area contributed by atoms with E-state index < -0.39 is 0 Å². The van der Waals surface area contributed by atoms with E-state index in [4.69, 9.17) is 4.74 Å². The Morgan fingerprint density at radius 3 is 3.06 bits per heavy atom. The fourth-order valence-corrected chi connectivity index (χ4v) is 2.21. The lowest BCUT2D eigenvalue weighted by molar-refractivity contribution is 0.0419. The van der Waals surface area contributed by atoms with Crippen LogP contribution in [0.25, 0.3) is 0 Å². The zero-order valence-electron chi connectivity index (χ0n) is 10.6. The fraction of sp³-hybridized carbons (Fsp3) is 1.00. The molecule has 1 aliphatic heterocycles. The molecule has 2 unspecified atom stereocenters. The average Bonchev–Trinajstić information content (AvgIpc) is 2.26. The van der Waals surface area contributed by atoms with Gasteiger partial charge in [-0.1, -0.05) is 0 Å². The van der Waals surface area contributed by atoms with Gasteiger partial charge in [0, 0.05) is 19.7 Å². The van der Waals surface area contributed by atoms with Gasteiger partial charge in [0.1, 0.15) is 0 Å². The first-order valence-electron chi connectivity index (χ1n) is 6.37. The van der Waals surface area contributed by atoms with E-state index in [0.29, 0.717) is 19.8 Å². The van der Waals surface area contributed by atoms with Crippen LogP contribution in [0.15, 0.2) is 0 Å². The molecule has 2 atom stereocenters. The van der Waals surface area contributed by atoms with Crippen LogP contribution in [0.1, 0.15) is 19.8 Å². The van der Waals surface area contributed by atoms with Gasteiger partial charge in [0.25, 0.3) is 0 Å². The zero-order chi connectivity index (χ0) is 11.8. The van der Waals surface area contributed by atoms with Gasteiger partial charge in [-0.15, -0.1) is 0 Å². The van der Waals surface area contributed by atoms with Crippen LogP contribution >= 0.6 is 0 Å². The molecule has 0 aliphatic carbocycles. The molecular formula is C12H26N2O2. The van der Waals surface area contributed by atoms with Gasteiger partial charge >= 0.3 is 0 Å². The zero-order valence-corrected chi connectivity index (χ0v) is 10.6. The molecule has 1 fully saturated rings. The van der Waals surface area contributed by atoms with Crippen LogP contribution in [-0.4, -0.2) is 62.6 Å². The summed E-state index contributed by atoms with van der Waals surface area (Å²) in [6, 6.07) is 0. The molecular weight excluding hydrogens is 204 g/mol. The molecule has 0 aromatic carbocycles. The smallest absolute Gasteiger partial charge is 0.0897 e. The van der Waals surface area contributed by atoms with Gasteiger partial charge in [0.2, 0.25) is 0 Å². The predicted octanol–water partition coefficient (Wildman–Crippen LogP) is 0.315. The summed E-state index contributed by atoms with van der Waals surface area (Å²) in [7, 11) is 2.18. The van der Waals surface area contributed by atoms with Gasteiger partial charge in [-0.3, -0.25) is 0 Å². The quantitative estimate of drug-likeness (QED) is 0.661. The van der Waals surface area contributed by atoms with Crippen molar-refractivity contribution in [3.63, 3.8) is 0 Å². The maximum atomic E-state index is 9.56. The van der Waals surface area contributed by atoms with Crippen molar-refractivity contribution in [3.05, 3.63) is 0 Å². The number of hydrogen-bond acceptors (Lipinski definition) is 4. The Labute approximate surface area is 99.0 Å². The SMILES string of the molecule is CCOCC(O)CNCC1CCCN(C)C1. The van der Waals surface area contributed by atoms with Crippen molar-refractivity contribution in [1.29, 1.82) is 0 Å². The van der Waals surface area contributed by atoms with E-state index in [-0.39, 0.29) is 6.10 Å². The first kappa shape index (κ1) is 13.9. The van der Waals surface area contributed by atoms with Gasteiger partial charge in [-0.25, -0.2) is 0 Å². The molecule has 0 aromatic heterocycles. The molecule has 0 amide bonds. The van der Waals surface area contributed by atoms with Crippen molar-refractivity contribution in [3.8, 4) is 0 Å². The molecule has 1 aliphatic rings. The molecule has 1 saturated heterocycles. The second-order valence-corrected chi connectivity index (χ2v) is 4.74. The highest BCUT2D eigenvalue weighted by Crippen LogP contribution is 2.13. The summed E-state index contributed by atoms with van der Waals surface area (Å²) in [5, 5.41) is 12.9. The van der Waals surface area contributed by atoms with Crippen molar-refractivity contribution in [2.45, 2.75) is 25.9 Å². The Bertz CT molecular complexity index is 178. The number of aliphatic hydroxyl groups is 1. The lowest BCUT2D eigenvalue weighted by Gasteiger charge is -2.30. The van der Waals surface area contributed by atoms with Crippen molar-refractivity contribution in [2.24, 2.45) is 5.92 Å². The largest absolute Gasteiger partial charge is 0.389 e. The van der Waals surface area contributed by atoms with Gasteiger partial charge in [0.05, 0.1) is 12.7 Å². The third-order valence-corrected chi connectivity index (χ3v) is 3.05. The van der Waals surface area contributed by atoms with E-state index >= 15 is 0 Å². The Morgan fingerprint density at radius 1 is 1.56 bits per heavy atom. The molecule has 16 heavy (non-hydrogen) atoms. The topological polar surface area (TPSA) is 44.7 Å². The number of nitrogens with zero attached hydrogens (tertiary/aromatic N) is 1. The number of hydrogen-bond donors (Lipinski definition) is 2. The lowest BCUT2D eigenvalue weighted by Crippen LogP contribution is -2.39. The highest BCUT2D eigenvalue weighted by Gasteiger charge is 2.16. The Kier molecular flexibility index (Phi) is 6.96. The monoisotopic (exact) mass is 230 g/mol. The summed E-state index contributed by atoms with van der Waals surface area (Å²) in [6.07, 6.45) is 2.23. The summed E-state index contributed by atoms with van der Waals surface area (Å²) < 4.78 is 5.16. The standard InChI is InChI=1S/C12H26N2O2/c1-3-16-10-12(15)8-13-7-11-5-4-6-14(2)9-11/h11-13,15H,3-10H2,1-2H3. The van der Waals surface area contributed by atoms with Gasteiger partial charge in [0.15, 0.2) is 0 Å². The van der Waals surface area contributed by atoms with Crippen molar-refractivity contribution in [1.82, 2.24) is 10.2 Å². The van der Waals surface area contributed by atoms with Gasteiger partial charge in [-0.2, -0.15) is 0 Å². The molecule has 1 rings (SSSR count). The molecule has 0 spiro atoms. The summed E-state index contributed by atoms with van der Waals surface area (Å²) in [5.41, 5.74) is 0. The van der Waals surface area contributed by atoms with Crippen LogP contribution in [0.4, 0.5) is 0 Å². The summed E-state index contributed by atoms with van der Waals surface area (Å²) >= 11 is 0. The first-order valence-corrected chi connectivity index (χ1v) is 6.37. The maximum Gasteiger partial charge on any atom is 0.0897 e. The van der Waals surface area contributed by atoms with E-state index in [0.717, 1.165) is 12.5 Å². The molecule has 4 heteroatoms. The molecule has 0 saturated carbocycles. The van der Waals surface area contributed by atoms with Gasteiger partial charge < -0.3 is 20.1 Å². The minimum atomic E-state index is -0.374. The Hall–Kier alpha value is -0.160. The van der Waals surface area contributed by atoms with Crippen LogP contribution in [-0.2, 0) is 4.74 Å². The van der Waals surface area contributed by atoms with Crippen LogP contribution in [0, 0.1) is 5.92 Å². The summed E-state index contributed by atoms with van der Waals surface area (Å²) in [4.78, 5) is 2.38. The average molecular weight is 230 g/mol. The maximum absolute atomic E-state index is 9.56. The molecule has 0 bridgehead atoms. The van der Waals surface area contributed by atoms with E-state index in [9.17, 15) is 5.11 Å². The molecule has 0 aromatic rings. The van der Waals surface area contributed by atoms with E-state index in [1.165, 1.54) is 25.9 Å². The van der Waals surface area contributed by atoms with E-state index in [1.54, 1.807) is 0 Å². The van der Waals surface area contributed by atoms with E-state index in [1.807, 2.05) is 6.92 Å². The minimum absolute atomic E-state index is 0.374. The normalized spacial score (nSPS) is 24.6. The Balaban J connectivity index is 2.01. The first-order chi connectivity index (χ1) is 7.72. The van der Waals surface area contributed by atoms with E-state index in [2.05, 4.69) is 17.3 Å². The molecule has 2 N–H and O–H groups in total. The van der Waals surface area contributed by atoms with Crippen LogP contribution in [0.2, 0.25) is 0 Å². The molecule has 1 heterocycles. The predicted molar refractivity (Wildman–Crippen MR) is 65.6 cm³/mol. The van der Waals surface area contributed by atoms with Crippen molar-refractivity contribution in [2.75, 3.05) is 46.4 Å². The second-order valence-electron chi connectivity index (χ2n) is 4.74. The lowest BCUT2D eigenvalue weighted by atomic mass is 9.98. The summed E-state index contributed by atoms with van der Waals surface area (Å²) in [5.74, 6) is 0.734. The Morgan fingerprint density at radius 2 is 2.38 bits per heavy atom. The highest BCUT2D eigenvalue weighted by molar-refractivity contribution is 4.73. The summed E-state index contributed by atoms with van der Waals surface area (Å²) in [6.45, 7) is 7.10. The number of nitrogens with one attached hydrogen (secondary N) is 1. The van der Waals surface area contributed by atoms with Crippen LogP contribution in [0.3, 0.4) is 0 Å². The number of aliphatic hydroxyl groups excluding tert-OH is 1. The van der Waals surface area contributed by atoms with Crippen molar-refractivity contribution >= 4 is 0 Å². The fourth-order valence-electron chi connectivity index (χ4n) is 2.21. The van der Waals surface area contributed by atoms with Crippen LogP contribution in [0.5, 0.6) is 0 Å². The minimum Gasteiger partial charge on any atom is -0.389 e. The molecule has 4 nitrogen and oxygen atoms in total. The molecule has 0 radical (unpaired) electrons. The number of ether oxygens (including phenoxy) is 1. The molecule has 96 valence electrons. The van der Waals surface area contributed by atoms with Crippen LogP contribution < -0.4 is 5.32 Å². The second kappa shape index (κ2) is 8.01. The highest BCUT2D eigenvalue weighted by atomic mass is 16.5. The van der Waals surface area contributed by atoms with Gasteiger partial charge in [-0.05, 0) is 45.8 Å². The number of piperidine rings is 1. The third-order valence-electron chi connectivity index (χ3n) is 3.05.